The number of rotatable bonds is 2. The van der Waals surface area contributed by atoms with E-state index < -0.39 is 11.6 Å². The van der Waals surface area contributed by atoms with E-state index in [2.05, 4.69) is 4.90 Å². The maximum atomic E-state index is 13.8. The van der Waals surface area contributed by atoms with Crippen LogP contribution in [0.5, 0.6) is 0 Å². The molecule has 1 saturated carbocycles. The normalized spacial score (nSPS) is 26.6. The van der Waals surface area contributed by atoms with Gasteiger partial charge < -0.3 is 9.64 Å². The molecule has 2 atom stereocenters. The molecule has 3 rings (SSSR count). The van der Waals surface area contributed by atoms with E-state index in [-0.39, 0.29) is 12.0 Å². The average molecular weight is 251 g/mol. The van der Waals surface area contributed by atoms with E-state index in [1.54, 1.807) is 12.3 Å². The quantitative estimate of drug-likeness (QED) is 0.799. The molecule has 2 nitrogen and oxygen atoms in total. The molecule has 0 unspecified atom stereocenters. The van der Waals surface area contributed by atoms with Gasteiger partial charge in [0.05, 0.1) is 0 Å². The van der Waals surface area contributed by atoms with Gasteiger partial charge in [-0.25, -0.2) is 8.78 Å². The number of allylic oxidation sites excluding steroid dienone is 1. The molecule has 0 radical (unpaired) electrons. The van der Waals surface area contributed by atoms with Gasteiger partial charge in [0.25, 0.3) is 0 Å². The molecule has 1 heterocycles. The van der Waals surface area contributed by atoms with Crippen molar-refractivity contribution < 1.29 is 13.5 Å². The molecule has 1 aromatic rings. The Balaban J connectivity index is 1.83. The number of hydrogen-bond acceptors (Lipinski definition) is 2. The van der Waals surface area contributed by atoms with Gasteiger partial charge in [0.15, 0.2) is 6.73 Å². The Morgan fingerprint density at radius 2 is 2.11 bits per heavy atom. The number of halogens is 2. The molecule has 96 valence electrons. The first kappa shape index (κ1) is 11.5. The van der Waals surface area contributed by atoms with Crippen LogP contribution in [-0.2, 0) is 4.74 Å². The van der Waals surface area contributed by atoms with Gasteiger partial charge in [0.1, 0.15) is 17.9 Å². The summed E-state index contributed by atoms with van der Waals surface area (Å²) in [6.45, 7) is 2.53. The Hall–Kier alpha value is -1.58. The summed E-state index contributed by atoms with van der Waals surface area (Å²) in [5, 5.41) is 0. The van der Waals surface area contributed by atoms with E-state index in [4.69, 9.17) is 4.74 Å². The van der Waals surface area contributed by atoms with Crippen molar-refractivity contribution in [1.82, 2.24) is 4.90 Å². The third-order valence-electron chi connectivity index (χ3n) is 3.92. The Morgan fingerprint density at radius 3 is 2.67 bits per heavy atom. The summed E-state index contributed by atoms with van der Waals surface area (Å²) in [6, 6.07) is 4.13. The summed E-state index contributed by atoms with van der Waals surface area (Å²) in [4.78, 5) is 2.15. The Morgan fingerprint density at radius 1 is 1.28 bits per heavy atom. The van der Waals surface area contributed by atoms with Crippen LogP contribution >= 0.6 is 0 Å². The first-order valence-electron chi connectivity index (χ1n) is 6.17. The van der Waals surface area contributed by atoms with Gasteiger partial charge in [-0.05, 0) is 31.4 Å². The third kappa shape index (κ3) is 1.76. The number of ether oxygens (including phenoxy) is 1. The molecule has 1 aliphatic carbocycles. The number of benzene rings is 1. The van der Waals surface area contributed by atoms with Gasteiger partial charge in [-0.15, -0.1) is 0 Å². The molecular weight excluding hydrogens is 236 g/mol. The summed E-state index contributed by atoms with van der Waals surface area (Å²) in [5.41, 5.74) is 1.69. The molecule has 0 N–H and O–H groups in total. The minimum absolute atomic E-state index is 0.135. The average Bonchev–Trinajstić information content (AvgIpc) is 2.67. The molecule has 0 amide bonds. The molecule has 0 aromatic heterocycles. The van der Waals surface area contributed by atoms with Gasteiger partial charge >= 0.3 is 0 Å². The van der Waals surface area contributed by atoms with Crippen LogP contribution in [0.15, 0.2) is 30.2 Å². The second-order valence-electron chi connectivity index (χ2n) is 4.94. The lowest BCUT2D eigenvalue weighted by molar-refractivity contribution is 0.0739. The van der Waals surface area contributed by atoms with Crippen molar-refractivity contribution in [2.75, 3.05) is 6.73 Å². The summed E-state index contributed by atoms with van der Waals surface area (Å²) in [7, 11) is 0. The third-order valence-corrected chi connectivity index (χ3v) is 3.92. The van der Waals surface area contributed by atoms with E-state index in [1.807, 2.05) is 6.92 Å². The monoisotopic (exact) mass is 251 g/mol. The van der Waals surface area contributed by atoms with E-state index >= 15 is 0 Å². The second kappa shape index (κ2) is 4.26. The molecule has 1 aliphatic heterocycles. The standard InChI is InChI=1S/C14H15F2NO/c1-9-7-18-8-17(9)14-5-4-12(14)11-3-2-10(15)6-13(11)16/h2-3,6-7,12,14H,4-5,8H2,1H3/t12-,14-/m0/s1. The highest BCUT2D eigenvalue weighted by atomic mass is 19.1. The fourth-order valence-electron chi connectivity index (χ4n) is 2.79. The topological polar surface area (TPSA) is 12.5 Å². The van der Waals surface area contributed by atoms with E-state index in [9.17, 15) is 8.78 Å². The molecule has 1 aromatic carbocycles. The molecule has 0 bridgehead atoms. The summed E-state index contributed by atoms with van der Waals surface area (Å²) in [5.74, 6) is -0.824. The largest absolute Gasteiger partial charge is 0.479 e. The van der Waals surface area contributed by atoms with Crippen molar-refractivity contribution in [2.24, 2.45) is 0 Å². The Labute approximate surface area is 105 Å². The van der Waals surface area contributed by atoms with Gasteiger partial charge in [-0.3, -0.25) is 0 Å². The van der Waals surface area contributed by atoms with Crippen LogP contribution < -0.4 is 0 Å². The lowest BCUT2D eigenvalue weighted by Crippen LogP contribution is -2.44. The predicted octanol–water partition coefficient (Wildman–Crippen LogP) is 3.36. The van der Waals surface area contributed by atoms with Crippen LogP contribution in [0.3, 0.4) is 0 Å². The van der Waals surface area contributed by atoms with Crippen LogP contribution in [0, 0.1) is 11.6 Å². The van der Waals surface area contributed by atoms with Crippen LogP contribution in [0.2, 0.25) is 0 Å². The molecule has 1 fully saturated rings. The molecule has 0 saturated heterocycles. The van der Waals surface area contributed by atoms with Gasteiger partial charge in [0, 0.05) is 23.7 Å². The summed E-state index contributed by atoms with van der Waals surface area (Å²) in [6.07, 6.45) is 3.70. The molecular formula is C14H15F2NO. The van der Waals surface area contributed by atoms with Crippen LogP contribution in [0.25, 0.3) is 0 Å². The highest BCUT2D eigenvalue weighted by Gasteiger charge is 2.39. The number of nitrogens with zero attached hydrogens (tertiary/aromatic N) is 1. The predicted molar refractivity (Wildman–Crippen MR) is 63.7 cm³/mol. The SMILES string of the molecule is CC1=COCN1[C@H]1CC[C@H]1c1ccc(F)cc1F. The smallest absolute Gasteiger partial charge is 0.160 e. The molecule has 18 heavy (non-hydrogen) atoms. The molecule has 2 aliphatic rings. The van der Waals surface area contributed by atoms with E-state index in [1.165, 1.54) is 6.07 Å². The minimum Gasteiger partial charge on any atom is -0.479 e. The highest BCUT2D eigenvalue weighted by Crippen LogP contribution is 2.43. The van der Waals surface area contributed by atoms with E-state index in [0.717, 1.165) is 24.6 Å². The van der Waals surface area contributed by atoms with Crippen LogP contribution in [0.4, 0.5) is 8.78 Å². The maximum Gasteiger partial charge on any atom is 0.160 e. The first-order valence-corrected chi connectivity index (χ1v) is 6.17. The Bertz CT molecular complexity index is 501. The second-order valence-corrected chi connectivity index (χ2v) is 4.94. The zero-order valence-electron chi connectivity index (χ0n) is 10.2. The van der Waals surface area contributed by atoms with Crippen LogP contribution in [0.1, 0.15) is 31.2 Å². The number of hydrogen-bond donors (Lipinski definition) is 0. The van der Waals surface area contributed by atoms with Gasteiger partial charge in [0.2, 0.25) is 0 Å². The van der Waals surface area contributed by atoms with Crippen molar-refractivity contribution in [3.05, 3.63) is 47.4 Å². The van der Waals surface area contributed by atoms with Crippen molar-refractivity contribution in [3.8, 4) is 0 Å². The van der Waals surface area contributed by atoms with Crippen molar-refractivity contribution in [3.63, 3.8) is 0 Å². The highest BCUT2D eigenvalue weighted by molar-refractivity contribution is 5.27. The maximum absolute atomic E-state index is 13.8. The lowest BCUT2D eigenvalue weighted by Gasteiger charge is -2.43. The fourth-order valence-corrected chi connectivity index (χ4v) is 2.79. The van der Waals surface area contributed by atoms with Crippen molar-refractivity contribution in [1.29, 1.82) is 0 Å². The summed E-state index contributed by atoms with van der Waals surface area (Å²) >= 11 is 0. The fraction of sp³-hybridized carbons (Fsp3) is 0.429. The first-order chi connectivity index (χ1) is 8.66. The van der Waals surface area contributed by atoms with Crippen LogP contribution in [-0.4, -0.2) is 17.7 Å². The minimum atomic E-state index is -0.521. The zero-order chi connectivity index (χ0) is 12.7. The van der Waals surface area contributed by atoms with Gasteiger partial charge in [-0.1, -0.05) is 6.07 Å². The Kier molecular flexibility index (Phi) is 2.73. The van der Waals surface area contributed by atoms with Gasteiger partial charge in [-0.2, -0.15) is 0 Å². The molecule has 0 spiro atoms. The lowest BCUT2D eigenvalue weighted by atomic mass is 9.74. The van der Waals surface area contributed by atoms with Crippen molar-refractivity contribution in [2.45, 2.75) is 31.7 Å². The summed E-state index contributed by atoms with van der Waals surface area (Å²) < 4.78 is 32.0. The molecule has 4 heteroatoms. The van der Waals surface area contributed by atoms with Crippen molar-refractivity contribution >= 4 is 0 Å². The van der Waals surface area contributed by atoms with E-state index in [0.29, 0.717) is 12.3 Å². The zero-order valence-corrected chi connectivity index (χ0v) is 10.2.